The van der Waals surface area contributed by atoms with Crippen molar-refractivity contribution in [2.75, 3.05) is 32.8 Å². The molecular weight excluding hydrogens is 302 g/mol. The Kier molecular flexibility index (Phi) is 6.10. The molecule has 2 N–H and O–H groups in total. The number of carbonyl (C=O) groups is 1. The molecule has 5 heteroatoms. The lowest BCUT2D eigenvalue weighted by atomic mass is 10.00. The summed E-state index contributed by atoms with van der Waals surface area (Å²) >= 11 is 0. The molecule has 0 aromatic heterocycles. The van der Waals surface area contributed by atoms with Crippen LogP contribution in [0.4, 0.5) is 4.79 Å². The predicted octanol–water partition coefficient (Wildman–Crippen LogP) is 2.61. The van der Waals surface area contributed by atoms with E-state index in [1.807, 2.05) is 0 Å². The van der Waals surface area contributed by atoms with Crippen molar-refractivity contribution in [1.29, 1.82) is 0 Å². The van der Waals surface area contributed by atoms with Crippen molar-refractivity contribution >= 4 is 6.03 Å². The van der Waals surface area contributed by atoms with Gasteiger partial charge in [-0.2, -0.15) is 0 Å². The van der Waals surface area contributed by atoms with E-state index in [1.165, 1.54) is 24.0 Å². The maximum absolute atomic E-state index is 12.3. The highest BCUT2D eigenvalue weighted by Gasteiger charge is 2.25. The van der Waals surface area contributed by atoms with Crippen LogP contribution in [0.25, 0.3) is 0 Å². The molecule has 1 aromatic rings. The Labute approximate surface area is 144 Å². The molecule has 2 amide bonds. The molecule has 1 aromatic carbocycles. The first-order valence-electron chi connectivity index (χ1n) is 9.16. The number of amides is 2. The summed E-state index contributed by atoms with van der Waals surface area (Å²) in [6.45, 7) is 6.51. The van der Waals surface area contributed by atoms with Crippen molar-refractivity contribution in [1.82, 2.24) is 15.5 Å². The molecule has 2 aliphatic heterocycles. The van der Waals surface area contributed by atoms with Gasteiger partial charge in [-0.15, -0.1) is 0 Å². The lowest BCUT2D eigenvalue weighted by Crippen LogP contribution is -2.46. The summed E-state index contributed by atoms with van der Waals surface area (Å²) in [6, 6.07) is 8.95. The zero-order valence-electron chi connectivity index (χ0n) is 14.6. The van der Waals surface area contributed by atoms with E-state index >= 15 is 0 Å². The van der Waals surface area contributed by atoms with E-state index in [0.717, 1.165) is 39.1 Å². The first-order chi connectivity index (χ1) is 11.7. The first-order valence-corrected chi connectivity index (χ1v) is 9.16. The maximum Gasteiger partial charge on any atom is 0.315 e. The molecule has 1 atom stereocenters. The van der Waals surface area contributed by atoms with E-state index in [-0.39, 0.29) is 18.1 Å². The summed E-state index contributed by atoms with van der Waals surface area (Å²) in [6.07, 6.45) is 4.30. The van der Waals surface area contributed by atoms with Gasteiger partial charge in [0.15, 0.2) is 0 Å². The molecular formula is C19H29N3O2. The van der Waals surface area contributed by atoms with Crippen LogP contribution in [-0.2, 0) is 4.74 Å². The second-order valence-corrected chi connectivity index (χ2v) is 6.86. The van der Waals surface area contributed by atoms with Gasteiger partial charge in [0.25, 0.3) is 0 Å². The molecule has 0 saturated carbocycles. The lowest BCUT2D eigenvalue weighted by molar-refractivity contribution is 0.0800. The van der Waals surface area contributed by atoms with Gasteiger partial charge in [-0.05, 0) is 56.8 Å². The number of benzene rings is 1. The number of ether oxygens (including phenoxy) is 1. The number of hydrogen-bond donors (Lipinski definition) is 2. The Morgan fingerprint density at radius 1 is 1.25 bits per heavy atom. The number of urea groups is 1. The Morgan fingerprint density at radius 2 is 1.96 bits per heavy atom. The summed E-state index contributed by atoms with van der Waals surface area (Å²) in [5.74, 6) is 0. The van der Waals surface area contributed by atoms with Crippen LogP contribution in [-0.4, -0.2) is 49.8 Å². The monoisotopic (exact) mass is 331 g/mol. The van der Waals surface area contributed by atoms with E-state index < -0.39 is 0 Å². The van der Waals surface area contributed by atoms with Crippen molar-refractivity contribution in [3.8, 4) is 0 Å². The maximum atomic E-state index is 12.3. The van der Waals surface area contributed by atoms with Crippen LogP contribution < -0.4 is 10.6 Å². The van der Waals surface area contributed by atoms with Gasteiger partial charge in [0.1, 0.15) is 0 Å². The molecule has 24 heavy (non-hydrogen) atoms. The second kappa shape index (κ2) is 8.49. The average molecular weight is 331 g/mol. The average Bonchev–Trinajstić information content (AvgIpc) is 3.12. The molecule has 0 aliphatic carbocycles. The summed E-state index contributed by atoms with van der Waals surface area (Å²) in [5.41, 5.74) is 2.62. The van der Waals surface area contributed by atoms with E-state index in [0.29, 0.717) is 6.54 Å². The number of nitrogens with one attached hydrogen (secondary N) is 2. The van der Waals surface area contributed by atoms with Gasteiger partial charge < -0.3 is 15.4 Å². The molecule has 3 rings (SSSR count). The zero-order chi connectivity index (χ0) is 16.8. The van der Waals surface area contributed by atoms with Crippen LogP contribution in [0.15, 0.2) is 24.3 Å². The van der Waals surface area contributed by atoms with Gasteiger partial charge in [-0.1, -0.05) is 24.3 Å². The predicted molar refractivity (Wildman–Crippen MR) is 95.1 cm³/mol. The number of aryl methyl sites for hydroxylation is 1. The summed E-state index contributed by atoms with van der Waals surface area (Å²) in [5, 5.41) is 6.18. The number of hydrogen-bond acceptors (Lipinski definition) is 3. The highest BCUT2D eigenvalue weighted by Crippen LogP contribution is 2.26. The Hall–Kier alpha value is -1.59. The van der Waals surface area contributed by atoms with E-state index in [9.17, 15) is 4.79 Å². The molecule has 0 spiro atoms. The highest BCUT2D eigenvalue weighted by atomic mass is 16.5. The van der Waals surface area contributed by atoms with Crippen molar-refractivity contribution in [3.05, 3.63) is 35.4 Å². The van der Waals surface area contributed by atoms with Crippen molar-refractivity contribution in [2.45, 2.75) is 44.7 Å². The SMILES string of the molecule is Cc1ccccc1C(CNC(=O)NC1CCOCC1)N1CCCC1. The van der Waals surface area contributed by atoms with Gasteiger partial charge in [0, 0.05) is 25.8 Å². The fraction of sp³-hybridized carbons (Fsp3) is 0.632. The van der Waals surface area contributed by atoms with Crippen molar-refractivity contribution < 1.29 is 9.53 Å². The number of rotatable bonds is 5. The van der Waals surface area contributed by atoms with Crippen LogP contribution in [0.5, 0.6) is 0 Å². The molecule has 5 nitrogen and oxygen atoms in total. The number of likely N-dealkylation sites (tertiary alicyclic amines) is 1. The molecule has 1 unspecified atom stereocenters. The normalized spacial score (nSPS) is 20.7. The third-order valence-electron chi connectivity index (χ3n) is 5.14. The van der Waals surface area contributed by atoms with Crippen LogP contribution >= 0.6 is 0 Å². The lowest BCUT2D eigenvalue weighted by Gasteiger charge is -2.30. The minimum absolute atomic E-state index is 0.0559. The minimum Gasteiger partial charge on any atom is -0.381 e. The summed E-state index contributed by atoms with van der Waals surface area (Å²) in [7, 11) is 0. The largest absolute Gasteiger partial charge is 0.381 e. The molecule has 2 fully saturated rings. The molecule has 132 valence electrons. The molecule has 0 bridgehead atoms. The van der Waals surface area contributed by atoms with E-state index in [4.69, 9.17) is 4.74 Å². The smallest absolute Gasteiger partial charge is 0.315 e. The second-order valence-electron chi connectivity index (χ2n) is 6.86. The fourth-order valence-corrected chi connectivity index (χ4v) is 3.72. The number of carbonyl (C=O) groups excluding carboxylic acids is 1. The van der Waals surface area contributed by atoms with Crippen molar-refractivity contribution in [2.24, 2.45) is 0 Å². The Bertz CT molecular complexity index is 537. The zero-order valence-corrected chi connectivity index (χ0v) is 14.6. The third kappa shape index (κ3) is 4.48. The van der Waals surface area contributed by atoms with Gasteiger partial charge in [-0.3, -0.25) is 4.90 Å². The van der Waals surface area contributed by atoms with Gasteiger partial charge in [0.05, 0.1) is 6.04 Å². The van der Waals surface area contributed by atoms with E-state index in [2.05, 4.69) is 46.7 Å². The number of nitrogens with zero attached hydrogens (tertiary/aromatic N) is 1. The van der Waals surface area contributed by atoms with E-state index in [1.54, 1.807) is 0 Å². The highest BCUT2D eigenvalue weighted by molar-refractivity contribution is 5.74. The molecule has 2 heterocycles. The quantitative estimate of drug-likeness (QED) is 0.872. The summed E-state index contributed by atoms with van der Waals surface area (Å²) < 4.78 is 5.34. The Morgan fingerprint density at radius 3 is 2.67 bits per heavy atom. The topological polar surface area (TPSA) is 53.6 Å². The van der Waals surface area contributed by atoms with Crippen LogP contribution in [0.3, 0.4) is 0 Å². The molecule has 2 aliphatic rings. The fourth-order valence-electron chi connectivity index (χ4n) is 3.72. The van der Waals surface area contributed by atoms with Gasteiger partial charge in [0.2, 0.25) is 0 Å². The molecule has 0 radical (unpaired) electrons. The minimum atomic E-state index is -0.0559. The summed E-state index contributed by atoms with van der Waals surface area (Å²) in [4.78, 5) is 14.8. The van der Waals surface area contributed by atoms with Crippen LogP contribution in [0, 0.1) is 6.92 Å². The Balaban J connectivity index is 1.59. The first kappa shape index (κ1) is 17.2. The standard InChI is InChI=1S/C19H29N3O2/c1-15-6-2-3-7-17(15)18(22-10-4-5-11-22)14-20-19(23)21-16-8-12-24-13-9-16/h2-3,6-7,16,18H,4-5,8-14H2,1H3,(H2,20,21,23). The van der Waals surface area contributed by atoms with Crippen LogP contribution in [0.1, 0.15) is 42.9 Å². The van der Waals surface area contributed by atoms with Crippen LogP contribution in [0.2, 0.25) is 0 Å². The third-order valence-corrected chi connectivity index (χ3v) is 5.14. The van der Waals surface area contributed by atoms with Gasteiger partial charge >= 0.3 is 6.03 Å². The van der Waals surface area contributed by atoms with Crippen molar-refractivity contribution in [3.63, 3.8) is 0 Å². The molecule has 2 saturated heterocycles. The van der Waals surface area contributed by atoms with Gasteiger partial charge in [-0.25, -0.2) is 4.79 Å².